The van der Waals surface area contributed by atoms with Crippen LogP contribution in [0.25, 0.3) is 10.1 Å². The highest BCUT2D eigenvalue weighted by molar-refractivity contribution is 7.22. The predicted molar refractivity (Wildman–Crippen MR) is 118 cm³/mol. The van der Waals surface area contributed by atoms with Crippen LogP contribution in [0.1, 0.15) is 29.1 Å². The number of aryl methyl sites for hydroxylation is 1. The van der Waals surface area contributed by atoms with Crippen molar-refractivity contribution in [2.24, 2.45) is 0 Å². The van der Waals surface area contributed by atoms with Gasteiger partial charge in [-0.1, -0.05) is 42.3 Å². The van der Waals surface area contributed by atoms with Gasteiger partial charge < -0.3 is 14.8 Å². The average Bonchev–Trinajstić information content (AvgIpc) is 3.06. The Morgan fingerprint density at radius 2 is 1.79 bits per heavy atom. The minimum atomic E-state index is -1.00. The monoisotopic (exact) mass is 451 g/mol. The summed E-state index contributed by atoms with van der Waals surface area (Å²) in [6, 6.07) is 10.9. The number of carbonyl (C=O) groups excluding carboxylic acids is 2. The number of methoxy groups -OCH3 is 1. The van der Waals surface area contributed by atoms with Crippen LogP contribution in [-0.4, -0.2) is 25.1 Å². The Morgan fingerprint density at radius 1 is 1.10 bits per heavy atom. The van der Waals surface area contributed by atoms with Crippen LogP contribution in [0.2, 0.25) is 10.0 Å². The van der Waals surface area contributed by atoms with Gasteiger partial charge in [0.2, 0.25) is 0 Å². The molecule has 1 amide bonds. The maximum absolute atomic E-state index is 12.6. The fourth-order valence-electron chi connectivity index (χ4n) is 2.70. The maximum Gasteiger partial charge on any atom is 0.350 e. The number of hydrogen-bond acceptors (Lipinski definition) is 5. The third kappa shape index (κ3) is 4.50. The zero-order valence-corrected chi connectivity index (χ0v) is 18.4. The van der Waals surface area contributed by atoms with Gasteiger partial charge in [-0.25, -0.2) is 4.79 Å². The summed E-state index contributed by atoms with van der Waals surface area (Å²) in [4.78, 5) is 25.2. The van der Waals surface area contributed by atoms with Crippen LogP contribution in [0.4, 0.5) is 5.69 Å². The summed E-state index contributed by atoms with van der Waals surface area (Å²) >= 11 is 13.8. The third-order valence-corrected chi connectivity index (χ3v) is 6.58. The van der Waals surface area contributed by atoms with Gasteiger partial charge in [-0.05, 0) is 43.2 Å². The summed E-state index contributed by atoms with van der Waals surface area (Å²) in [6.07, 6.45) is -0.0896. The van der Waals surface area contributed by atoms with Crippen molar-refractivity contribution in [3.8, 4) is 5.75 Å². The number of hydrogen-bond donors (Lipinski definition) is 1. The SMILES string of the molecule is CCc1ccc(NC(=O)[C@H](C)OC(=O)c2sc3c(Cl)c(OC)ccc3c2Cl)cc1. The number of thiophene rings is 1. The van der Waals surface area contributed by atoms with E-state index in [0.29, 0.717) is 26.5 Å². The second-order valence-electron chi connectivity index (χ2n) is 6.29. The third-order valence-electron chi connectivity index (χ3n) is 4.39. The fraction of sp³-hybridized carbons (Fsp3) is 0.238. The van der Waals surface area contributed by atoms with Gasteiger partial charge >= 0.3 is 5.97 Å². The molecule has 8 heteroatoms. The minimum absolute atomic E-state index is 0.184. The summed E-state index contributed by atoms with van der Waals surface area (Å²) in [6.45, 7) is 3.56. The highest BCUT2D eigenvalue weighted by Gasteiger charge is 2.25. The molecule has 3 aromatic rings. The molecule has 0 spiro atoms. The summed E-state index contributed by atoms with van der Waals surface area (Å²) < 4.78 is 11.1. The molecule has 3 rings (SSSR count). The first kappa shape index (κ1) is 21.4. The van der Waals surface area contributed by atoms with Gasteiger partial charge in [-0.3, -0.25) is 4.79 Å². The lowest BCUT2D eigenvalue weighted by molar-refractivity contribution is -0.123. The fourth-order valence-corrected chi connectivity index (χ4v) is 4.47. The van der Waals surface area contributed by atoms with E-state index in [9.17, 15) is 9.59 Å². The molecule has 152 valence electrons. The number of esters is 1. The number of ether oxygens (including phenoxy) is 2. The van der Waals surface area contributed by atoms with Crippen LogP contribution in [0.3, 0.4) is 0 Å². The van der Waals surface area contributed by atoms with Crippen LogP contribution < -0.4 is 10.1 Å². The minimum Gasteiger partial charge on any atom is -0.495 e. The van der Waals surface area contributed by atoms with Gasteiger partial charge in [0.1, 0.15) is 15.6 Å². The summed E-state index contributed by atoms with van der Waals surface area (Å²) in [5.41, 5.74) is 1.80. The van der Waals surface area contributed by atoms with Crippen LogP contribution >= 0.6 is 34.5 Å². The molecule has 0 aliphatic rings. The molecule has 29 heavy (non-hydrogen) atoms. The van der Waals surface area contributed by atoms with Gasteiger partial charge in [-0.15, -0.1) is 11.3 Å². The molecule has 0 aliphatic heterocycles. The van der Waals surface area contributed by atoms with Gasteiger partial charge in [-0.2, -0.15) is 0 Å². The Balaban J connectivity index is 1.74. The number of fused-ring (bicyclic) bond motifs is 1. The van der Waals surface area contributed by atoms with Crippen molar-refractivity contribution in [1.82, 2.24) is 0 Å². The molecule has 0 radical (unpaired) electrons. The smallest absolute Gasteiger partial charge is 0.350 e. The second-order valence-corrected chi connectivity index (χ2v) is 8.07. The molecule has 0 bridgehead atoms. The number of nitrogens with one attached hydrogen (secondary N) is 1. The lowest BCUT2D eigenvalue weighted by atomic mass is 10.1. The quantitative estimate of drug-likeness (QED) is 0.469. The first-order valence-corrected chi connectivity index (χ1v) is 10.5. The van der Waals surface area contributed by atoms with E-state index in [4.69, 9.17) is 32.7 Å². The van der Waals surface area contributed by atoms with Crippen molar-refractivity contribution in [3.05, 3.63) is 56.9 Å². The Kier molecular flexibility index (Phi) is 6.67. The molecule has 1 atom stereocenters. The van der Waals surface area contributed by atoms with E-state index in [1.165, 1.54) is 14.0 Å². The number of halogens is 2. The standard InChI is InChI=1S/C21H19Cl2NO4S/c1-4-12-5-7-13(8-6-12)24-20(25)11(2)28-21(26)19-16(22)14-9-10-15(27-3)17(23)18(14)29-19/h5-11H,4H2,1-3H3,(H,24,25)/t11-/m0/s1. The van der Waals surface area contributed by atoms with Crippen LogP contribution in [0.5, 0.6) is 5.75 Å². The van der Waals surface area contributed by atoms with Gasteiger partial charge in [0.05, 0.1) is 16.8 Å². The molecule has 0 saturated heterocycles. The van der Waals surface area contributed by atoms with Crippen LogP contribution in [0.15, 0.2) is 36.4 Å². The second kappa shape index (κ2) is 9.03. The van der Waals surface area contributed by atoms with Crippen LogP contribution in [0, 0.1) is 0 Å². The zero-order valence-electron chi connectivity index (χ0n) is 16.0. The Bertz CT molecular complexity index is 1060. The van der Waals surface area contributed by atoms with Crippen molar-refractivity contribution >= 4 is 62.2 Å². The molecule has 0 aliphatic carbocycles. The van der Waals surface area contributed by atoms with Crippen molar-refractivity contribution in [1.29, 1.82) is 0 Å². The topological polar surface area (TPSA) is 64.6 Å². The largest absolute Gasteiger partial charge is 0.495 e. The normalized spacial score (nSPS) is 11.9. The average molecular weight is 452 g/mol. The van der Waals surface area contributed by atoms with Crippen LogP contribution in [-0.2, 0) is 16.0 Å². The van der Waals surface area contributed by atoms with Gasteiger partial charge in [0, 0.05) is 11.1 Å². The van der Waals surface area contributed by atoms with Crippen molar-refractivity contribution in [2.75, 3.05) is 12.4 Å². The molecular weight excluding hydrogens is 433 g/mol. The molecule has 5 nitrogen and oxygen atoms in total. The number of amides is 1. The maximum atomic E-state index is 12.6. The van der Waals surface area contributed by atoms with E-state index < -0.39 is 18.0 Å². The van der Waals surface area contributed by atoms with E-state index in [1.807, 2.05) is 24.3 Å². The van der Waals surface area contributed by atoms with E-state index >= 15 is 0 Å². The Labute approximate surface area is 182 Å². The summed E-state index contributed by atoms with van der Waals surface area (Å²) in [5.74, 6) is -0.631. The first-order valence-electron chi connectivity index (χ1n) is 8.91. The van der Waals surface area contributed by atoms with E-state index in [-0.39, 0.29) is 9.90 Å². The molecule has 1 N–H and O–H groups in total. The Morgan fingerprint density at radius 3 is 2.41 bits per heavy atom. The van der Waals surface area contributed by atoms with Gasteiger partial charge in [0.15, 0.2) is 6.10 Å². The lowest BCUT2D eigenvalue weighted by Gasteiger charge is -2.13. The predicted octanol–water partition coefficient (Wildman–Crippen LogP) is 5.96. The summed E-state index contributed by atoms with van der Waals surface area (Å²) in [5, 5.41) is 3.97. The van der Waals surface area contributed by atoms with E-state index in [1.54, 1.807) is 12.1 Å². The highest BCUT2D eigenvalue weighted by atomic mass is 35.5. The summed E-state index contributed by atoms with van der Waals surface area (Å²) in [7, 11) is 1.51. The van der Waals surface area contributed by atoms with E-state index in [2.05, 4.69) is 12.2 Å². The molecule has 0 fully saturated rings. The number of anilines is 1. The molecular formula is C21H19Cl2NO4S. The number of rotatable bonds is 6. The molecule has 0 unspecified atom stereocenters. The van der Waals surface area contributed by atoms with E-state index in [0.717, 1.165) is 23.3 Å². The molecule has 0 saturated carbocycles. The molecule has 1 heterocycles. The highest BCUT2D eigenvalue weighted by Crippen LogP contribution is 2.43. The lowest BCUT2D eigenvalue weighted by Crippen LogP contribution is -2.29. The Hall–Kier alpha value is -2.28. The zero-order chi connectivity index (χ0) is 21.1. The van der Waals surface area contributed by atoms with Gasteiger partial charge in [0.25, 0.3) is 5.91 Å². The van der Waals surface area contributed by atoms with Crippen molar-refractivity contribution in [3.63, 3.8) is 0 Å². The number of carbonyl (C=O) groups is 2. The molecule has 1 aromatic heterocycles. The van der Waals surface area contributed by atoms with Crippen molar-refractivity contribution < 1.29 is 19.1 Å². The number of benzene rings is 2. The molecule has 2 aromatic carbocycles. The van der Waals surface area contributed by atoms with Crippen molar-refractivity contribution in [2.45, 2.75) is 26.4 Å². The first-order chi connectivity index (χ1) is 13.8.